The van der Waals surface area contributed by atoms with Gasteiger partial charge in [-0.15, -0.1) is 0 Å². The Hall–Kier alpha value is -1.58. The van der Waals surface area contributed by atoms with Crippen molar-refractivity contribution in [2.45, 2.75) is 65.3 Å². The molecule has 1 aromatic rings. The summed E-state index contributed by atoms with van der Waals surface area (Å²) < 4.78 is 0. The van der Waals surface area contributed by atoms with E-state index in [4.69, 9.17) is 0 Å². The van der Waals surface area contributed by atoms with Crippen LogP contribution in [0.5, 0.6) is 0 Å². The van der Waals surface area contributed by atoms with Gasteiger partial charge in [0.1, 0.15) is 11.4 Å². The van der Waals surface area contributed by atoms with Crippen LogP contribution >= 0.6 is 0 Å². The molecular formula is C17H26N2O2. The van der Waals surface area contributed by atoms with Gasteiger partial charge in [-0.1, -0.05) is 26.2 Å². The van der Waals surface area contributed by atoms with Crippen LogP contribution in [0.1, 0.15) is 67.1 Å². The molecule has 2 rings (SSSR count). The van der Waals surface area contributed by atoms with Crippen LogP contribution in [0.2, 0.25) is 0 Å². The first kappa shape index (κ1) is 15.8. The molecule has 1 heterocycles. The molecule has 1 saturated carbocycles. The molecule has 0 saturated heterocycles. The second-order valence-corrected chi connectivity index (χ2v) is 6.17. The van der Waals surface area contributed by atoms with E-state index in [-0.39, 0.29) is 0 Å². The summed E-state index contributed by atoms with van der Waals surface area (Å²) >= 11 is 0. The number of carboxylic acids is 1. The van der Waals surface area contributed by atoms with Crippen LogP contribution in [-0.2, 0) is 0 Å². The number of hydrogen-bond acceptors (Lipinski definition) is 3. The van der Waals surface area contributed by atoms with E-state index in [1.54, 1.807) is 0 Å². The van der Waals surface area contributed by atoms with Gasteiger partial charge in [0.25, 0.3) is 0 Å². The van der Waals surface area contributed by atoms with Gasteiger partial charge in [0.2, 0.25) is 0 Å². The molecule has 1 atom stereocenters. The number of pyridine rings is 1. The molecule has 2 N–H and O–H groups in total. The first-order valence-corrected chi connectivity index (χ1v) is 8.01. The van der Waals surface area contributed by atoms with Crippen LogP contribution < -0.4 is 5.32 Å². The summed E-state index contributed by atoms with van der Waals surface area (Å²) in [4.78, 5) is 16.0. The van der Waals surface area contributed by atoms with Gasteiger partial charge in [0, 0.05) is 11.7 Å². The predicted octanol–water partition coefficient (Wildman–Crippen LogP) is 4.17. The van der Waals surface area contributed by atoms with Crippen molar-refractivity contribution in [3.63, 3.8) is 0 Å². The smallest absolute Gasteiger partial charge is 0.339 e. The Morgan fingerprint density at radius 1 is 1.38 bits per heavy atom. The molecule has 0 bridgehead atoms. The van der Waals surface area contributed by atoms with Crippen molar-refractivity contribution in [3.8, 4) is 0 Å². The summed E-state index contributed by atoms with van der Waals surface area (Å²) in [6.07, 6.45) is 7.37. The predicted molar refractivity (Wildman–Crippen MR) is 84.9 cm³/mol. The molecule has 1 aliphatic rings. The maximum atomic E-state index is 11.5. The number of aromatic nitrogens is 1. The summed E-state index contributed by atoms with van der Waals surface area (Å²) in [5.74, 6) is 0.270. The van der Waals surface area contributed by atoms with Crippen molar-refractivity contribution in [1.29, 1.82) is 0 Å². The fourth-order valence-electron chi connectivity index (χ4n) is 3.48. The molecule has 0 aromatic carbocycles. The fourth-order valence-corrected chi connectivity index (χ4v) is 3.48. The lowest BCUT2D eigenvalue weighted by atomic mass is 9.83. The molecule has 1 unspecified atom stereocenters. The van der Waals surface area contributed by atoms with E-state index in [2.05, 4.69) is 17.2 Å². The van der Waals surface area contributed by atoms with Crippen LogP contribution in [-0.4, -0.2) is 22.1 Å². The molecule has 21 heavy (non-hydrogen) atoms. The molecule has 0 spiro atoms. The lowest BCUT2D eigenvalue weighted by Crippen LogP contribution is -2.31. The van der Waals surface area contributed by atoms with E-state index >= 15 is 0 Å². The third kappa shape index (κ3) is 3.74. The molecule has 1 aromatic heterocycles. The van der Waals surface area contributed by atoms with Crippen molar-refractivity contribution in [3.05, 3.63) is 22.9 Å². The van der Waals surface area contributed by atoms with E-state index < -0.39 is 5.97 Å². The summed E-state index contributed by atoms with van der Waals surface area (Å²) in [6.45, 7) is 5.91. The molecule has 1 fully saturated rings. The second kappa shape index (κ2) is 6.92. The maximum absolute atomic E-state index is 11.5. The van der Waals surface area contributed by atoms with Gasteiger partial charge < -0.3 is 10.4 Å². The number of aryl methyl sites for hydroxylation is 2. The average molecular weight is 290 g/mol. The average Bonchev–Trinajstić information content (AvgIpc) is 2.44. The van der Waals surface area contributed by atoms with E-state index in [1.807, 2.05) is 19.9 Å². The number of nitrogens with one attached hydrogen (secondary N) is 1. The Labute approximate surface area is 127 Å². The molecule has 4 heteroatoms. The van der Waals surface area contributed by atoms with Crippen LogP contribution in [0.15, 0.2) is 6.07 Å². The number of carbonyl (C=O) groups is 1. The van der Waals surface area contributed by atoms with Crippen molar-refractivity contribution in [2.24, 2.45) is 5.92 Å². The summed E-state index contributed by atoms with van der Waals surface area (Å²) in [5, 5.41) is 12.9. The van der Waals surface area contributed by atoms with Crippen molar-refractivity contribution < 1.29 is 9.90 Å². The monoisotopic (exact) mass is 290 g/mol. The van der Waals surface area contributed by atoms with Crippen LogP contribution in [0, 0.1) is 19.8 Å². The fraction of sp³-hybridized carbons (Fsp3) is 0.647. The topological polar surface area (TPSA) is 62.2 Å². The molecule has 1 aliphatic carbocycles. The highest BCUT2D eigenvalue weighted by molar-refractivity contribution is 5.94. The Kier molecular flexibility index (Phi) is 5.21. The largest absolute Gasteiger partial charge is 0.478 e. The lowest BCUT2D eigenvalue weighted by molar-refractivity contribution is 0.0696. The quantitative estimate of drug-likeness (QED) is 0.854. The van der Waals surface area contributed by atoms with E-state index in [9.17, 15) is 9.90 Å². The molecule has 0 amide bonds. The first-order chi connectivity index (χ1) is 10.0. The minimum Gasteiger partial charge on any atom is -0.478 e. The molecule has 0 radical (unpaired) electrons. The van der Waals surface area contributed by atoms with Crippen LogP contribution in [0.3, 0.4) is 0 Å². The number of anilines is 1. The van der Waals surface area contributed by atoms with Gasteiger partial charge in [-0.3, -0.25) is 0 Å². The Balaban J connectivity index is 2.25. The van der Waals surface area contributed by atoms with Gasteiger partial charge in [-0.25, -0.2) is 9.78 Å². The molecule has 0 aliphatic heterocycles. The summed E-state index contributed by atoms with van der Waals surface area (Å²) in [7, 11) is 0. The SMILES string of the molecule is CCC(Nc1nc(C)cc(C)c1C(=O)O)C1CCCCC1. The van der Waals surface area contributed by atoms with Crippen molar-refractivity contribution in [2.75, 3.05) is 5.32 Å². The molecule has 4 nitrogen and oxygen atoms in total. The maximum Gasteiger partial charge on any atom is 0.339 e. The zero-order chi connectivity index (χ0) is 15.4. The summed E-state index contributed by atoms with van der Waals surface area (Å²) in [5.41, 5.74) is 1.95. The Morgan fingerprint density at radius 3 is 2.62 bits per heavy atom. The Bertz CT molecular complexity index is 508. The number of aromatic carboxylic acids is 1. The van der Waals surface area contributed by atoms with Crippen LogP contribution in [0.25, 0.3) is 0 Å². The van der Waals surface area contributed by atoms with Gasteiger partial charge in [-0.05, 0) is 50.7 Å². The molecular weight excluding hydrogens is 264 g/mol. The highest BCUT2D eigenvalue weighted by Crippen LogP contribution is 2.30. The zero-order valence-corrected chi connectivity index (χ0v) is 13.3. The lowest BCUT2D eigenvalue weighted by Gasteiger charge is -2.31. The van der Waals surface area contributed by atoms with Crippen LogP contribution in [0.4, 0.5) is 5.82 Å². The normalized spacial score (nSPS) is 17.5. The number of rotatable bonds is 5. The number of carboxylic acid groups (broad SMARTS) is 1. The van der Waals surface area contributed by atoms with Gasteiger partial charge in [0.05, 0.1) is 0 Å². The van der Waals surface area contributed by atoms with Gasteiger partial charge in [-0.2, -0.15) is 0 Å². The molecule has 116 valence electrons. The van der Waals surface area contributed by atoms with Crippen molar-refractivity contribution in [1.82, 2.24) is 4.98 Å². The van der Waals surface area contributed by atoms with Gasteiger partial charge >= 0.3 is 5.97 Å². The first-order valence-electron chi connectivity index (χ1n) is 8.01. The second-order valence-electron chi connectivity index (χ2n) is 6.17. The number of nitrogens with zero attached hydrogens (tertiary/aromatic N) is 1. The number of hydrogen-bond donors (Lipinski definition) is 2. The highest BCUT2D eigenvalue weighted by Gasteiger charge is 2.25. The summed E-state index contributed by atoms with van der Waals surface area (Å²) in [6, 6.07) is 2.15. The third-order valence-corrected chi connectivity index (χ3v) is 4.54. The third-order valence-electron chi connectivity index (χ3n) is 4.54. The van der Waals surface area contributed by atoms with E-state index in [1.165, 1.54) is 32.1 Å². The minimum absolute atomic E-state index is 0.315. The highest BCUT2D eigenvalue weighted by atomic mass is 16.4. The Morgan fingerprint density at radius 2 is 2.05 bits per heavy atom. The zero-order valence-electron chi connectivity index (χ0n) is 13.3. The standard InChI is InChI=1S/C17H26N2O2/c1-4-14(13-8-6-5-7-9-13)19-16-15(17(20)21)11(2)10-12(3)18-16/h10,13-14H,4-9H2,1-3H3,(H,18,19)(H,20,21). The van der Waals surface area contributed by atoms with Crippen molar-refractivity contribution >= 4 is 11.8 Å². The van der Waals surface area contributed by atoms with Gasteiger partial charge in [0.15, 0.2) is 0 Å². The van der Waals surface area contributed by atoms with E-state index in [0.717, 1.165) is 17.7 Å². The van der Waals surface area contributed by atoms with E-state index in [0.29, 0.717) is 23.3 Å². The minimum atomic E-state index is -0.902.